The van der Waals surface area contributed by atoms with Crippen molar-refractivity contribution in [2.45, 2.75) is 12.0 Å². The molecule has 0 aliphatic heterocycles. The zero-order chi connectivity index (χ0) is 10.5. The fourth-order valence-electron chi connectivity index (χ4n) is 2.29. The molecule has 3 nitrogen and oxygen atoms in total. The number of nitrogens with two attached hydrogens (primary N) is 1. The van der Waals surface area contributed by atoms with Crippen molar-refractivity contribution < 1.29 is 0 Å². The second-order valence-corrected chi connectivity index (χ2v) is 3.96. The fraction of sp³-hybridized carbons (Fsp3) is 0.167. The van der Waals surface area contributed by atoms with Crippen LogP contribution in [0.3, 0.4) is 0 Å². The number of pyridine rings is 1. The van der Waals surface area contributed by atoms with Gasteiger partial charge in [-0.25, -0.2) is 0 Å². The molecule has 0 amide bonds. The normalized spacial score (nSPS) is 22.9. The molecule has 72 valence electrons. The molecule has 0 saturated heterocycles. The van der Waals surface area contributed by atoms with Gasteiger partial charge in [-0.15, -0.1) is 0 Å². The highest BCUT2D eigenvalue weighted by molar-refractivity contribution is 5.91. The molecule has 3 heteroatoms. The molecule has 15 heavy (non-hydrogen) atoms. The molecule has 0 spiro atoms. The smallest absolute Gasteiger partial charge is 0.135 e. The summed E-state index contributed by atoms with van der Waals surface area (Å²) in [4.78, 5) is 4.13. The van der Waals surface area contributed by atoms with Crippen LogP contribution >= 0.6 is 0 Å². The van der Waals surface area contributed by atoms with Crippen LogP contribution in [-0.2, 0) is 12.0 Å². The zero-order valence-electron chi connectivity index (χ0n) is 8.07. The summed E-state index contributed by atoms with van der Waals surface area (Å²) >= 11 is 0. The summed E-state index contributed by atoms with van der Waals surface area (Å²) in [5.74, 6) is 0. The van der Waals surface area contributed by atoms with E-state index in [0.29, 0.717) is 6.42 Å². The molecule has 0 radical (unpaired) electrons. The highest BCUT2D eigenvalue weighted by Gasteiger charge is 2.36. The van der Waals surface area contributed by atoms with Crippen LogP contribution in [0.5, 0.6) is 0 Å². The predicted molar refractivity (Wildman–Crippen MR) is 56.9 cm³/mol. The summed E-state index contributed by atoms with van der Waals surface area (Å²) in [6.45, 7) is 0. The first-order valence-electron chi connectivity index (χ1n) is 4.81. The third-order valence-corrected chi connectivity index (χ3v) is 3.02. The lowest BCUT2D eigenvalue weighted by atomic mass is 9.95. The highest BCUT2D eigenvalue weighted by Crippen LogP contribution is 2.38. The molecule has 3 rings (SSSR count). The van der Waals surface area contributed by atoms with Crippen LogP contribution in [0.15, 0.2) is 30.6 Å². The maximum absolute atomic E-state index is 9.15. The topological polar surface area (TPSA) is 62.7 Å². The second kappa shape index (κ2) is 2.56. The molecule has 0 fully saturated rings. The minimum atomic E-state index is -0.893. The SMILES string of the molecule is N#CC1(N)Cc2cccc3cncc1c23. The number of hydrogen-bond acceptors (Lipinski definition) is 3. The molecule has 2 N–H and O–H groups in total. The van der Waals surface area contributed by atoms with Gasteiger partial charge in [0.15, 0.2) is 0 Å². The van der Waals surface area contributed by atoms with E-state index in [2.05, 4.69) is 11.1 Å². The zero-order valence-corrected chi connectivity index (χ0v) is 8.07. The summed E-state index contributed by atoms with van der Waals surface area (Å²) in [6.07, 6.45) is 4.11. The molecule has 0 bridgehead atoms. The Hall–Kier alpha value is -1.92. The first kappa shape index (κ1) is 8.39. The van der Waals surface area contributed by atoms with Crippen molar-refractivity contribution in [3.63, 3.8) is 0 Å². The van der Waals surface area contributed by atoms with Crippen molar-refractivity contribution in [3.8, 4) is 6.07 Å². The average Bonchev–Trinajstić information content (AvgIpc) is 2.56. The number of benzene rings is 1. The van der Waals surface area contributed by atoms with E-state index in [1.54, 1.807) is 6.20 Å². The first-order chi connectivity index (χ1) is 7.24. The van der Waals surface area contributed by atoms with E-state index in [4.69, 9.17) is 11.0 Å². The van der Waals surface area contributed by atoms with Crippen LogP contribution in [0.4, 0.5) is 0 Å². The Labute approximate surface area is 87.2 Å². The van der Waals surface area contributed by atoms with Crippen molar-refractivity contribution in [1.29, 1.82) is 5.26 Å². The highest BCUT2D eigenvalue weighted by atomic mass is 14.8. The quantitative estimate of drug-likeness (QED) is 0.692. The lowest BCUT2D eigenvalue weighted by Crippen LogP contribution is -2.34. The number of hydrogen-bond donors (Lipinski definition) is 1. The van der Waals surface area contributed by atoms with Gasteiger partial charge in [0, 0.05) is 29.8 Å². The van der Waals surface area contributed by atoms with E-state index >= 15 is 0 Å². The van der Waals surface area contributed by atoms with Crippen molar-refractivity contribution >= 4 is 10.8 Å². The third kappa shape index (κ3) is 0.943. The van der Waals surface area contributed by atoms with Crippen molar-refractivity contribution in [3.05, 3.63) is 41.7 Å². The summed E-state index contributed by atoms with van der Waals surface area (Å²) in [7, 11) is 0. The van der Waals surface area contributed by atoms with Crippen LogP contribution in [0.2, 0.25) is 0 Å². The van der Waals surface area contributed by atoms with Crippen LogP contribution in [0.25, 0.3) is 10.8 Å². The molecular formula is C12H9N3. The maximum atomic E-state index is 9.15. The fourth-order valence-corrected chi connectivity index (χ4v) is 2.29. The molecule has 1 heterocycles. The number of aromatic nitrogens is 1. The Balaban J connectivity index is 2.48. The third-order valence-electron chi connectivity index (χ3n) is 3.02. The van der Waals surface area contributed by atoms with E-state index < -0.39 is 5.54 Å². The Morgan fingerprint density at radius 3 is 3.07 bits per heavy atom. The summed E-state index contributed by atoms with van der Waals surface area (Å²) < 4.78 is 0. The molecule has 1 atom stereocenters. The van der Waals surface area contributed by atoms with Crippen molar-refractivity contribution in [1.82, 2.24) is 4.98 Å². The molecule has 1 aromatic heterocycles. The lowest BCUT2D eigenvalue weighted by molar-refractivity contribution is 0.597. The molecular weight excluding hydrogens is 186 g/mol. The van der Waals surface area contributed by atoms with Gasteiger partial charge >= 0.3 is 0 Å². The summed E-state index contributed by atoms with van der Waals surface area (Å²) in [6, 6.07) is 8.19. The first-order valence-corrected chi connectivity index (χ1v) is 4.81. The molecule has 0 saturated carbocycles. The Bertz CT molecular complexity index is 592. The van der Waals surface area contributed by atoms with E-state index in [9.17, 15) is 0 Å². The summed E-state index contributed by atoms with van der Waals surface area (Å²) in [5, 5.41) is 11.3. The van der Waals surface area contributed by atoms with Gasteiger partial charge in [-0.3, -0.25) is 4.98 Å². The van der Waals surface area contributed by atoms with E-state index in [1.165, 1.54) is 0 Å². The Morgan fingerprint density at radius 1 is 1.40 bits per heavy atom. The standard InChI is InChI=1S/C12H9N3/c13-7-12(14)4-8-2-1-3-9-5-15-6-10(12)11(8)9/h1-3,5-6H,4,14H2. The van der Waals surface area contributed by atoms with Gasteiger partial charge in [-0.1, -0.05) is 18.2 Å². The van der Waals surface area contributed by atoms with Crippen molar-refractivity contribution in [2.75, 3.05) is 0 Å². The van der Waals surface area contributed by atoms with Gasteiger partial charge < -0.3 is 5.73 Å². The van der Waals surface area contributed by atoms with Gasteiger partial charge in [0.1, 0.15) is 5.54 Å². The number of nitriles is 1. The largest absolute Gasteiger partial charge is 0.309 e. The summed E-state index contributed by atoms with van der Waals surface area (Å²) in [5.41, 5.74) is 7.18. The number of rotatable bonds is 0. The molecule has 2 aromatic rings. The van der Waals surface area contributed by atoms with E-state index in [-0.39, 0.29) is 0 Å². The maximum Gasteiger partial charge on any atom is 0.135 e. The molecule has 1 aliphatic rings. The Kier molecular flexibility index (Phi) is 1.43. The van der Waals surface area contributed by atoms with Crippen LogP contribution < -0.4 is 5.73 Å². The molecule has 1 aliphatic carbocycles. The van der Waals surface area contributed by atoms with Gasteiger partial charge in [-0.05, 0) is 10.9 Å². The van der Waals surface area contributed by atoms with E-state index in [0.717, 1.165) is 21.9 Å². The van der Waals surface area contributed by atoms with Crippen LogP contribution in [0.1, 0.15) is 11.1 Å². The lowest BCUT2D eigenvalue weighted by Gasteiger charge is -2.14. The minimum absolute atomic E-state index is 0.585. The predicted octanol–water partition coefficient (Wildman–Crippen LogP) is 1.47. The minimum Gasteiger partial charge on any atom is -0.309 e. The monoisotopic (exact) mass is 195 g/mol. The number of nitrogens with zero attached hydrogens (tertiary/aromatic N) is 2. The van der Waals surface area contributed by atoms with Gasteiger partial charge in [0.25, 0.3) is 0 Å². The Morgan fingerprint density at radius 2 is 2.27 bits per heavy atom. The van der Waals surface area contributed by atoms with E-state index in [1.807, 2.05) is 24.4 Å². The van der Waals surface area contributed by atoms with Gasteiger partial charge in [-0.2, -0.15) is 5.26 Å². The van der Waals surface area contributed by atoms with Crippen LogP contribution in [0, 0.1) is 11.3 Å². The van der Waals surface area contributed by atoms with Gasteiger partial charge in [0.2, 0.25) is 0 Å². The molecule has 1 aromatic carbocycles. The average molecular weight is 195 g/mol. The second-order valence-electron chi connectivity index (χ2n) is 3.96. The van der Waals surface area contributed by atoms with Crippen molar-refractivity contribution in [2.24, 2.45) is 5.73 Å². The van der Waals surface area contributed by atoms with Gasteiger partial charge in [0.05, 0.1) is 6.07 Å². The van der Waals surface area contributed by atoms with Crippen LogP contribution in [-0.4, -0.2) is 4.98 Å². The molecule has 1 unspecified atom stereocenters.